The number of thiol groups is 1. The molecule has 118 valence electrons. The Kier molecular flexibility index (Phi) is 6.05. The van der Waals surface area contributed by atoms with E-state index in [1.165, 1.54) is 0 Å². The molecule has 0 fully saturated rings. The van der Waals surface area contributed by atoms with E-state index in [4.69, 9.17) is 4.55 Å². The molecule has 0 heterocycles. The molecular weight excluding hydrogens is 350 g/mol. The Hall–Kier alpha value is -0.440. The molecule has 0 saturated heterocycles. The van der Waals surface area contributed by atoms with E-state index in [-0.39, 0.29) is 0 Å². The molecule has 0 aromatic rings. The summed E-state index contributed by atoms with van der Waals surface area (Å²) in [5.41, 5.74) is -4.31. The van der Waals surface area contributed by atoms with Crippen LogP contribution in [0.1, 0.15) is 0 Å². The molecule has 0 bridgehead atoms. The van der Waals surface area contributed by atoms with Gasteiger partial charge in [0.15, 0.2) is 0 Å². The summed E-state index contributed by atoms with van der Waals surface area (Å²) in [5, 5.41) is -6.61. The van der Waals surface area contributed by atoms with Crippen LogP contribution in [0.5, 0.6) is 0 Å². The molecule has 0 amide bonds. The molecule has 0 unspecified atom stereocenters. The largest absolute Gasteiger partial charge is 0.461 e. The predicted molar refractivity (Wildman–Crippen MR) is 42.5 cm³/mol. The smallest absolute Gasteiger partial charge is 0.281 e. The van der Waals surface area contributed by atoms with Crippen LogP contribution in [0.15, 0.2) is 0 Å². The third-order valence-electron chi connectivity index (χ3n) is 1.05. The van der Waals surface area contributed by atoms with Crippen LogP contribution in [0.4, 0.5) is 43.9 Å². The average Bonchev–Trinajstić information content (AvgIpc) is 1.95. The quantitative estimate of drug-likeness (QED) is 0.456. The second-order valence-corrected chi connectivity index (χ2v) is 4.50. The van der Waals surface area contributed by atoms with E-state index in [0.29, 0.717) is 0 Å². The van der Waals surface area contributed by atoms with Crippen molar-refractivity contribution >= 4 is 22.7 Å². The van der Waals surface area contributed by atoms with Crippen molar-refractivity contribution in [1.82, 2.24) is 0 Å². The molecule has 0 aliphatic rings. The first kappa shape index (κ1) is 20.9. The maximum atomic E-state index is 11.9. The van der Waals surface area contributed by atoms with E-state index in [9.17, 15) is 52.3 Å². The number of hydrogen-bond donors (Lipinski definition) is 2. The summed E-state index contributed by atoms with van der Waals surface area (Å²) in [7, 11) is -6.85. The van der Waals surface area contributed by atoms with Crippen molar-refractivity contribution in [1.29, 1.82) is 0 Å². The maximum Gasteiger partial charge on any atom is 0.461 e. The van der Waals surface area contributed by atoms with Gasteiger partial charge in [0.05, 0.1) is 0 Å². The standard InChI is InChI=1S/C3HF7O3S.CHF3S/c4-1(5,2(6,7)8)3(9,10)14(11,12)13;2-1(3,4)5/h(H,11,12,13);5H. The zero-order valence-corrected chi connectivity index (χ0v) is 9.61. The SMILES string of the molecule is FC(F)(F)S.O=S(=O)(O)C(F)(F)C(F)(F)C(F)(F)F. The normalized spacial score (nSPS) is 14.7. The molecule has 19 heavy (non-hydrogen) atoms. The van der Waals surface area contributed by atoms with Crippen molar-refractivity contribution in [2.24, 2.45) is 0 Å². The third kappa shape index (κ3) is 6.03. The minimum Gasteiger partial charge on any atom is -0.281 e. The molecule has 0 aromatic heterocycles. The lowest BCUT2D eigenvalue weighted by atomic mass is 10.3. The van der Waals surface area contributed by atoms with Gasteiger partial charge in [0.25, 0.3) is 0 Å². The highest BCUT2D eigenvalue weighted by Crippen LogP contribution is 2.48. The fourth-order valence-corrected chi connectivity index (χ4v) is 0.767. The summed E-state index contributed by atoms with van der Waals surface area (Å²) in [5.74, 6) is -6.85. The van der Waals surface area contributed by atoms with E-state index in [1.807, 2.05) is 0 Å². The number of alkyl halides is 10. The van der Waals surface area contributed by atoms with Crippen LogP contribution in [0, 0.1) is 0 Å². The van der Waals surface area contributed by atoms with Crippen LogP contribution in [-0.2, 0) is 10.1 Å². The summed E-state index contributed by atoms with van der Waals surface area (Å²) in [6.45, 7) is 0. The highest BCUT2D eigenvalue weighted by atomic mass is 32.2. The van der Waals surface area contributed by atoms with Gasteiger partial charge < -0.3 is 0 Å². The van der Waals surface area contributed by atoms with Crippen LogP contribution in [0.2, 0.25) is 0 Å². The summed E-state index contributed by atoms with van der Waals surface area (Å²) in [6.07, 6.45) is -6.79. The lowest BCUT2D eigenvalue weighted by molar-refractivity contribution is -0.333. The van der Waals surface area contributed by atoms with Crippen LogP contribution in [0.3, 0.4) is 0 Å². The summed E-state index contributed by atoms with van der Waals surface area (Å²) in [6, 6.07) is 0. The number of hydrogen-bond acceptors (Lipinski definition) is 3. The predicted octanol–water partition coefficient (Wildman–Crippen LogP) is 3.10. The molecular formula is C4H2F10O3S2. The van der Waals surface area contributed by atoms with Crippen molar-refractivity contribution in [2.45, 2.75) is 22.9 Å². The van der Waals surface area contributed by atoms with E-state index < -0.39 is 33.0 Å². The lowest BCUT2D eigenvalue weighted by Gasteiger charge is -2.25. The summed E-state index contributed by atoms with van der Waals surface area (Å²) >= 11 is 2.12. The van der Waals surface area contributed by atoms with Gasteiger partial charge in [-0.25, -0.2) is 0 Å². The van der Waals surface area contributed by atoms with Gasteiger partial charge in [-0.1, -0.05) is 12.6 Å². The monoisotopic (exact) mass is 352 g/mol. The molecule has 0 spiro atoms. The molecule has 1 N–H and O–H groups in total. The highest BCUT2D eigenvalue weighted by molar-refractivity contribution is 7.87. The molecule has 0 atom stereocenters. The van der Waals surface area contributed by atoms with Crippen molar-refractivity contribution in [3.05, 3.63) is 0 Å². The van der Waals surface area contributed by atoms with Gasteiger partial charge in [-0.3, -0.25) is 4.55 Å². The van der Waals surface area contributed by atoms with Crippen LogP contribution < -0.4 is 0 Å². The Bertz CT molecular complexity index is 386. The maximum absolute atomic E-state index is 11.9. The fraction of sp³-hybridized carbons (Fsp3) is 1.00. The Morgan fingerprint density at radius 1 is 0.789 bits per heavy atom. The van der Waals surface area contributed by atoms with Gasteiger partial charge >= 0.3 is 33.0 Å². The first-order valence-corrected chi connectivity index (χ1v) is 5.22. The zero-order valence-electron chi connectivity index (χ0n) is 7.90. The van der Waals surface area contributed by atoms with E-state index in [2.05, 4.69) is 12.6 Å². The lowest BCUT2D eigenvalue weighted by Crippen LogP contribution is -2.55. The molecule has 0 rings (SSSR count). The molecule has 0 aromatic carbocycles. The minimum atomic E-state index is -6.85. The van der Waals surface area contributed by atoms with Crippen molar-refractivity contribution < 1.29 is 56.9 Å². The van der Waals surface area contributed by atoms with Gasteiger partial charge in [-0.05, 0) is 0 Å². The van der Waals surface area contributed by atoms with Gasteiger partial charge in [-0.2, -0.15) is 52.3 Å². The topological polar surface area (TPSA) is 54.4 Å². The van der Waals surface area contributed by atoms with Gasteiger partial charge in [0.1, 0.15) is 0 Å². The molecule has 0 aliphatic carbocycles. The summed E-state index contributed by atoms with van der Waals surface area (Å²) < 4.78 is 138. The van der Waals surface area contributed by atoms with Crippen LogP contribution >= 0.6 is 12.6 Å². The fourth-order valence-electron chi connectivity index (χ4n) is 0.327. The van der Waals surface area contributed by atoms with E-state index in [0.717, 1.165) is 0 Å². The molecule has 15 heteroatoms. The van der Waals surface area contributed by atoms with Crippen LogP contribution in [0.25, 0.3) is 0 Å². The van der Waals surface area contributed by atoms with Gasteiger partial charge in [-0.15, -0.1) is 0 Å². The van der Waals surface area contributed by atoms with Crippen molar-refractivity contribution in [3.8, 4) is 0 Å². The highest BCUT2D eigenvalue weighted by Gasteiger charge is 2.78. The molecule has 0 saturated carbocycles. The second-order valence-electron chi connectivity index (χ2n) is 2.53. The third-order valence-corrected chi connectivity index (χ3v) is 1.95. The van der Waals surface area contributed by atoms with Crippen LogP contribution in [-0.4, -0.2) is 35.8 Å². The van der Waals surface area contributed by atoms with Crippen molar-refractivity contribution in [3.63, 3.8) is 0 Å². The Balaban J connectivity index is 0. The Morgan fingerprint density at radius 3 is 1.05 bits per heavy atom. The average molecular weight is 352 g/mol. The number of halogens is 10. The molecule has 0 radical (unpaired) electrons. The first-order valence-electron chi connectivity index (χ1n) is 3.33. The van der Waals surface area contributed by atoms with Crippen molar-refractivity contribution in [2.75, 3.05) is 0 Å². The Morgan fingerprint density at radius 2 is 1.00 bits per heavy atom. The first-order chi connectivity index (χ1) is 7.75. The Labute approximate surface area is 103 Å². The minimum absolute atomic E-state index is 2.12. The summed E-state index contributed by atoms with van der Waals surface area (Å²) in [4.78, 5) is 0. The van der Waals surface area contributed by atoms with E-state index >= 15 is 0 Å². The molecule has 3 nitrogen and oxygen atoms in total. The second kappa shape index (κ2) is 5.51. The number of rotatable bonds is 2. The van der Waals surface area contributed by atoms with Gasteiger partial charge in [0, 0.05) is 0 Å². The van der Waals surface area contributed by atoms with Gasteiger partial charge in [0.2, 0.25) is 0 Å². The molecule has 0 aliphatic heterocycles. The zero-order chi connectivity index (χ0) is 16.5. The van der Waals surface area contributed by atoms with E-state index in [1.54, 1.807) is 0 Å².